The van der Waals surface area contributed by atoms with Crippen molar-refractivity contribution >= 4 is 5.57 Å². The van der Waals surface area contributed by atoms with Gasteiger partial charge in [-0.05, 0) is 259 Å². The number of fused-ring (bicyclic) bond motifs is 3. The first-order chi connectivity index (χ1) is 44.0. The summed E-state index contributed by atoms with van der Waals surface area (Å²) >= 11 is 0. The minimum absolute atomic E-state index is 0.401. The van der Waals surface area contributed by atoms with Crippen molar-refractivity contribution in [2.75, 3.05) is 0 Å². The first kappa shape index (κ1) is 61.6. The van der Waals surface area contributed by atoms with Gasteiger partial charge in [-0.25, -0.2) is 0 Å². The van der Waals surface area contributed by atoms with Crippen LogP contribution in [0.2, 0.25) is 0 Å². The molecule has 0 amide bonds. The lowest BCUT2D eigenvalue weighted by atomic mass is 9.74. The van der Waals surface area contributed by atoms with Crippen molar-refractivity contribution < 1.29 is 0 Å². The molecule has 90 heavy (non-hydrogen) atoms. The quantitative estimate of drug-likeness (QED) is 0.125. The van der Waals surface area contributed by atoms with Gasteiger partial charge in [0.2, 0.25) is 0 Å². The molecule has 0 spiro atoms. The van der Waals surface area contributed by atoms with Crippen molar-refractivity contribution in [2.24, 2.45) is 29.6 Å². The van der Waals surface area contributed by atoms with E-state index in [1.54, 1.807) is 16.7 Å². The summed E-state index contributed by atoms with van der Waals surface area (Å²) in [4.78, 5) is 0. The largest absolute Gasteiger partial charge is 0.0769 e. The van der Waals surface area contributed by atoms with Crippen molar-refractivity contribution in [3.8, 4) is 0 Å². The van der Waals surface area contributed by atoms with Crippen LogP contribution in [0.3, 0.4) is 0 Å². The zero-order valence-electron chi connectivity index (χ0n) is 55.6. The van der Waals surface area contributed by atoms with Crippen LogP contribution in [0, 0.1) is 36.5 Å². The Morgan fingerprint density at radius 1 is 0.367 bits per heavy atom. The van der Waals surface area contributed by atoms with E-state index in [9.17, 15) is 0 Å². The van der Waals surface area contributed by atoms with E-state index in [4.69, 9.17) is 0 Å². The summed E-state index contributed by atoms with van der Waals surface area (Å²) < 4.78 is 0. The molecule has 4 aromatic rings. The van der Waals surface area contributed by atoms with E-state index in [2.05, 4.69) is 249 Å². The van der Waals surface area contributed by atoms with Gasteiger partial charge in [0.1, 0.15) is 0 Å². The van der Waals surface area contributed by atoms with Crippen LogP contribution in [0.15, 0.2) is 278 Å². The first-order valence-corrected chi connectivity index (χ1v) is 35.5. The van der Waals surface area contributed by atoms with Gasteiger partial charge in [-0.2, -0.15) is 0 Å². The molecule has 0 radical (unpaired) electrons. The highest BCUT2D eigenvalue weighted by atomic mass is 14.4. The molecule has 460 valence electrons. The van der Waals surface area contributed by atoms with Gasteiger partial charge in [0, 0.05) is 17.8 Å². The Morgan fingerprint density at radius 3 is 1.11 bits per heavy atom. The summed E-state index contributed by atoms with van der Waals surface area (Å²) in [6.45, 7) is 16.1. The Hall–Kier alpha value is -7.28. The van der Waals surface area contributed by atoms with Gasteiger partial charge in [0.05, 0.1) is 0 Å². The van der Waals surface area contributed by atoms with E-state index in [-0.39, 0.29) is 0 Å². The van der Waals surface area contributed by atoms with Crippen molar-refractivity contribution in [2.45, 2.75) is 188 Å². The second kappa shape index (κ2) is 28.1. The molecular formula is C90H100. The van der Waals surface area contributed by atoms with Crippen LogP contribution in [0.4, 0.5) is 0 Å². The second-order valence-electron chi connectivity index (χ2n) is 29.0. The lowest BCUT2D eigenvalue weighted by Crippen LogP contribution is -2.17. The fraction of sp³-hybridized carbons (Fsp3) is 0.378. The normalized spacial score (nSPS) is 24.4. The molecule has 0 N–H and O–H groups in total. The predicted octanol–water partition coefficient (Wildman–Crippen LogP) is 24.4. The topological polar surface area (TPSA) is 0 Å². The monoisotopic (exact) mass is 1180 g/mol. The molecule has 0 aromatic heterocycles. The summed E-state index contributed by atoms with van der Waals surface area (Å²) in [6.07, 6.45) is 64.6. The van der Waals surface area contributed by atoms with Crippen LogP contribution < -0.4 is 0 Å². The average molecular weight is 1180 g/mol. The Labute approximate surface area is 543 Å². The van der Waals surface area contributed by atoms with E-state index in [1.807, 2.05) is 0 Å². The van der Waals surface area contributed by atoms with Gasteiger partial charge in [0.15, 0.2) is 0 Å². The van der Waals surface area contributed by atoms with Crippen LogP contribution in [0.5, 0.6) is 0 Å². The molecule has 0 aliphatic heterocycles. The summed E-state index contributed by atoms with van der Waals surface area (Å²) in [5, 5.41) is 0. The summed E-state index contributed by atoms with van der Waals surface area (Å²) in [5.74, 6) is 5.39. The molecule has 11 aliphatic carbocycles. The number of benzene rings is 4. The van der Waals surface area contributed by atoms with E-state index in [1.165, 1.54) is 201 Å². The van der Waals surface area contributed by atoms with Crippen molar-refractivity contribution in [3.63, 3.8) is 0 Å². The maximum absolute atomic E-state index is 2.42. The SMILES string of the molecule is CC1=CCC(C)=C1C1=CC=C(Cc2ccc(C3CCC(C(C)C)CC3)cc2)C2=CC=CC21.CC1=CCC(C)=C1C1=CC=C(Cc2ccc(C3CCCCC3)cc2)C2=CC=CC21.Cc1cccc(C2=CC=C(Cc3ccc(C4CCCCC4)cc3)C3=CC=CC32)c1. The third-order valence-electron chi connectivity index (χ3n) is 22.7. The zero-order valence-corrected chi connectivity index (χ0v) is 55.6. The second-order valence-corrected chi connectivity index (χ2v) is 29.0. The molecule has 0 heteroatoms. The number of allylic oxidation sites excluding steroid dienone is 32. The Morgan fingerprint density at radius 2 is 0.744 bits per heavy atom. The summed E-state index contributed by atoms with van der Waals surface area (Å²) in [7, 11) is 0. The number of rotatable bonds is 13. The number of hydrogen-bond donors (Lipinski definition) is 0. The molecule has 3 saturated carbocycles. The molecule has 4 aromatic carbocycles. The average Bonchev–Trinajstić information content (AvgIpc) is 1.71. The molecule has 0 saturated heterocycles. The zero-order chi connectivity index (χ0) is 61.7. The minimum atomic E-state index is 0.401. The first-order valence-electron chi connectivity index (χ1n) is 35.5. The van der Waals surface area contributed by atoms with E-state index in [0.29, 0.717) is 17.8 Å². The molecule has 0 heterocycles. The number of aryl methyl sites for hydroxylation is 1. The molecule has 3 fully saturated rings. The standard InChI is InChI=1S/C32H38.C29H32.C29H30/c1-21(2)25-14-16-27(17-15-25)26-12-10-24(11-13-26)20-28-18-19-31(30-7-5-6-29(28)30)32-22(3)8-9-23(32)4;1-20-11-12-21(2)29(20)28-18-17-25(26-9-6-10-27(26)28)19-22-13-15-24(16-14-22)23-7-4-3-5-8-23;1-21-7-5-10-25(19-21)28-18-17-26(27-11-6-12-29(27)28)20-22-13-15-24(16-14-22)23-8-3-2-4-9-23/h5-8,10-13,18-19,21,25,27,30H,9,14-17,20H2,1-4H3;6,9-11,13-18,23,27H,3-5,7-8,12,19H2,1-2H3;5-7,10-19,23,29H,2-4,8-9,20H2,1H3. The Kier molecular flexibility index (Phi) is 19.2. The molecule has 11 aliphatic rings. The smallest absolute Gasteiger partial charge is 0.0281 e. The minimum Gasteiger partial charge on any atom is -0.0769 e. The van der Waals surface area contributed by atoms with E-state index in [0.717, 1.165) is 61.7 Å². The van der Waals surface area contributed by atoms with Crippen LogP contribution >= 0.6 is 0 Å². The molecule has 15 rings (SSSR count). The van der Waals surface area contributed by atoms with Crippen molar-refractivity contribution in [3.05, 3.63) is 323 Å². The van der Waals surface area contributed by atoms with Gasteiger partial charge in [0.25, 0.3) is 0 Å². The molecule has 0 bridgehead atoms. The fourth-order valence-electron chi connectivity index (χ4n) is 17.4. The number of hydrogen-bond acceptors (Lipinski definition) is 0. The molecular weight excluding hydrogens is 1080 g/mol. The Bertz CT molecular complexity index is 3840. The molecule has 3 atom stereocenters. The van der Waals surface area contributed by atoms with Crippen molar-refractivity contribution in [1.82, 2.24) is 0 Å². The lowest BCUT2D eigenvalue weighted by Gasteiger charge is -2.31. The maximum Gasteiger partial charge on any atom is 0.0281 e. The van der Waals surface area contributed by atoms with Gasteiger partial charge >= 0.3 is 0 Å². The van der Waals surface area contributed by atoms with Crippen LogP contribution in [-0.2, 0) is 19.3 Å². The maximum atomic E-state index is 2.42. The molecule has 3 unspecified atom stereocenters. The predicted molar refractivity (Wildman–Crippen MR) is 385 cm³/mol. The highest BCUT2D eigenvalue weighted by Crippen LogP contribution is 2.48. The fourth-order valence-corrected chi connectivity index (χ4v) is 17.4. The summed E-state index contributed by atoms with van der Waals surface area (Å²) in [5.41, 5.74) is 33.8. The highest BCUT2D eigenvalue weighted by molar-refractivity contribution is 5.79. The van der Waals surface area contributed by atoms with E-state index >= 15 is 0 Å². The van der Waals surface area contributed by atoms with Gasteiger partial charge in [-0.1, -0.05) is 269 Å². The summed E-state index contributed by atoms with van der Waals surface area (Å²) in [6, 6.07) is 37.5. The molecule has 0 nitrogen and oxygen atoms in total. The third-order valence-corrected chi connectivity index (χ3v) is 22.7. The van der Waals surface area contributed by atoms with Gasteiger partial charge in [-0.3, -0.25) is 0 Å². The lowest BCUT2D eigenvalue weighted by molar-refractivity contribution is 0.259. The van der Waals surface area contributed by atoms with Gasteiger partial charge in [-0.15, -0.1) is 0 Å². The third kappa shape index (κ3) is 13.7. The van der Waals surface area contributed by atoms with Gasteiger partial charge < -0.3 is 0 Å². The van der Waals surface area contributed by atoms with Crippen LogP contribution in [0.1, 0.15) is 207 Å². The van der Waals surface area contributed by atoms with Crippen LogP contribution in [0.25, 0.3) is 5.57 Å². The van der Waals surface area contributed by atoms with Crippen LogP contribution in [-0.4, -0.2) is 0 Å². The van der Waals surface area contributed by atoms with E-state index < -0.39 is 0 Å². The Balaban J connectivity index is 0.000000124. The highest BCUT2D eigenvalue weighted by Gasteiger charge is 2.33. The van der Waals surface area contributed by atoms with Crippen molar-refractivity contribution in [1.29, 1.82) is 0 Å².